The van der Waals surface area contributed by atoms with Gasteiger partial charge in [0.1, 0.15) is 11.6 Å². The van der Waals surface area contributed by atoms with Crippen LogP contribution in [0.5, 0.6) is 0 Å². The molecule has 0 aliphatic carbocycles. The Bertz CT molecular complexity index is 627. The van der Waals surface area contributed by atoms with Gasteiger partial charge in [-0.1, -0.05) is 30.3 Å². The highest BCUT2D eigenvalue weighted by Crippen LogP contribution is 2.28. The van der Waals surface area contributed by atoms with E-state index in [0.717, 1.165) is 19.3 Å². The van der Waals surface area contributed by atoms with Crippen LogP contribution in [0.1, 0.15) is 45.6 Å². The number of piperidine rings is 1. The van der Waals surface area contributed by atoms with Gasteiger partial charge in [0.25, 0.3) is 0 Å². The van der Waals surface area contributed by atoms with Crippen molar-refractivity contribution in [3.63, 3.8) is 0 Å². The highest BCUT2D eigenvalue weighted by molar-refractivity contribution is 5.86. The highest BCUT2D eigenvalue weighted by atomic mass is 16.6. The van der Waals surface area contributed by atoms with Crippen LogP contribution in [0.4, 0.5) is 4.79 Å². The second-order valence-corrected chi connectivity index (χ2v) is 8.39. The Kier molecular flexibility index (Phi) is 8.30. The second kappa shape index (κ2) is 10.5. The summed E-state index contributed by atoms with van der Waals surface area (Å²) in [6, 6.07) is 9.87. The fourth-order valence-electron chi connectivity index (χ4n) is 3.50. The van der Waals surface area contributed by atoms with Gasteiger partial charge in [0.15, 0.2) is 0 Å². The smallest absolute Gasteiger partial charge is 0.410 e. The third kappa shape index (κ3) is 7.15. The summed E-state index contributed by atoms with van der Waals surface area (Å²) in [5.41, 5.74) is 0.719. The zero-order valence-electron chi connectivity index (χ0n) is 17.6. The summed E-state index contributed by atoms with van der Waals surface area (Å²) in [7, 11) is 1.60. The predicted molar refractivity (Wildman–Crippen MR) is 109 cm³/mol. The third-order valence-electron chi connectivity index (χ3n) is 4.93. The summed E-state index contributed by atoms with van der Waals surface area (Å²) < 4.78 is 10.5. The molecule has 2 unspecified atom stereocenters. The van der Waals surface area contributed by atoms with E-state index >= 15 is 0 Å². The molecular formula is C22H34N2O4. The molecule has 1 aliphatic rings. The molecule has 2 atom stereocenters. The van der Waals surface area contributed by atoms with Crippen molar-refractivity contribution < 1.29 is 19.1 Å². The number of carbonyl (C=O) groups is 2. The van der Waals surface area contributed by atoms with Crippen molar-refractivity contribution >= 4 is 12.0 Å². The SMILES string of the molecule is COCCNC(=O)C1CC(CCc2ccccc2)CCN1C(=O)OC(C)(C)C. The topological polar surface area (TPSA) is 67.9 Å². The van der Waals surface area contributed by atoms with Crippen LogP contribution in [0, 0.1) is 5.92 Å². The Morgan fingerprint density at radius 2 is 1.93 bits per heavy atom. The molecule has 1 aliphatic heterocycles. The van der Waals surface area contributed by atoms with Crippen LogP contribution in [0.15, 0.2) is 30.3 Å². The summed E-state index contributed by atoms with van der Waals surface area (Å²) >= 11 is 0. The van der Waals surface area contributed by atoms with Crippen molar-refractivity contribution in [3.05, 3.63) is 35.9 Å². The van der Waals surface area contributed by atoms with Crippen LogP contribution >= 0.6 is 0 Å². The van der Waals surface area contributed by atoms with Gasteiger partial charge in [-0.05, 0) is 57.9 Å². The lowest BCUT2D eigenvalue weighted by molar-refractivity contribution is -0.128. The molecule has 1 heterocycles. The first-order chi connectivity index (χ1) is 13.3. The van der Waals surface area contributed by atoms with E-state index in [-0.39, 0.29) is 5.91 Å². The highest BCUT2D eigenvalue weighted by Gasteiger charge is 2.37. The maximum absolute atomic E-state index is 12.8. The van der Waals surface area contributed by atoms with Gasteiger partial charge in [0.2, 0.25) is 5.91 Å². The number of hydrogen-bond acceptors (Lipinski definition) is 4. The molecule has 6 heteroatoms. The molecule has 6 nitrogen and oxygen atoms in total. The number of carbonyl (C=O) groups excluding carboxylic acids is 2. The molecular weight excluding hydrogens is 356 g/mol. The molecule has 1 aromatic carbocycles. The quantitative estimate of drug-likeness (QED) is 0.725. The molecule has 1 fully saturated rings. The van der Waals surface area contributed by atoms with Crippen molar-refractivity contribution in [3.8, 4) is 0 Å². The minimum Gasteiger partial charge on any atom is -0.444 e. The molecule has 2 amide bonds. The predicted octanol–water partition coefficient (Wildman–Crippen LogP) is 3.40. The lowest BCUT2D eigenvalue weighted by atomic mass is 9.86. The zero-order valence-corrected chi connectivity index (χ0v) is 17.6. The average Bonchev–Trinajstić information content (AvgIpc) is 2.65. The molecule has 2 rings (SSSR count). The lowest BCUT2D eigenvalue weighted by Gasteiger charge is -2.39. The number of nitrogens with one attached hydrogen (secondary N) is 1. The van der Waals surface area contributed by atoms with Crippen LogP contribution in [-0.2, 0) is 20.7 Å². The fraction of sp³-hybridized carbons (Fsp3) is 0.636. The number of likely N-dealkylation sites (tertiary alicyclic amines) is 1. The fourth-order valence-corrected chi connectivity index (χ4v) is 3.50. The van der Waals surface area contributed by atoms with Gasteiger partial charge in [-0.2, -0.15) is 0 Å². The zero-order chi connectivity index (χ0) is 20.6. The van der Waals surface area contributed by atoms with E-state index in [1.54, 1.807) is 12.0 Å². The summed E-state index contributed by atoms with van der Waals surface area (Å²) in [4.78, 5) is 27.0. The molecule has 0 bridgehead atoms. The minimum atomic E-state index is -0.585. The Hall–Kier alpha value is -2.08. The monoisotopic (exact) mass is 390 g/mol. The van der Waals surface area contributed by atoms with E-state index in [2.05, 4.69) is 17.4 Å². The average molecular weight is 391 g/mol. The molecule has 0 radical (unpaired) electrons. The third-order valence-corrected chi connectivity index (χ3v) is 4.93. The van der Waals surface area contributed by atoms with Crippen molar-refractivity contribution in [1.82, 2.24) is 10.2 Å². The lowest BCUT2D eigenvalue weighted by Crippen LogP contribution is -2.55. The second-order valence-electron chi connectivity index (χ2n) is 8.39. The first-order valence-corrected chi connectivity index (χ1v) is 10.1. The van der Waals surface area contributed by atoms with Gasteiger partial charge in [0.05, 0.1) is 6.61 Å². The van der Waals surface area contributed by atoms with Crippen LogP contribution in [0.3, 0.4) is 0 Å². The van der Waals surface area contributed by atoms with Crippen LogP contribution < -0.4 is 5.32 Å². The van der Waals surface area contributed by atoms with Crippen molar-refractivity contribution in [2.24, 2.45) is 5.92 Å². The molecule has 0 spiro atoms. The van der Waals surface area contributed by atoms with Crippen molar-refractivity contribution in [2.75, 3.05) is 26.8 Å². The van der Waals surface area contributed by atoms with E-state index in [9.17, 15) is 9.59 Å². The Labute approximate surface area is 168 Å². The van der Waals surface area contributed by atoms with Crippen molar-refractivity contribution in [1.29, 1.82) is 0 Å². The van der Waals surface area contributed by atoms with E-state index in [1.807, 2.05) is 39.0 Å². The first kappa shape index (κ1) is 22.2. The number of amides is 2. The number of hydrogen-bond donors (Lipinski definition) is 1. The van der Waals surface area contributed by atoms with Crippen molar-refractivity contribution in [2.45, 2.75) is 58.1 Å². The molecule has 0 aromatic heterocycles. The largest absolute Gasteiger partial charge is 0.444 e. The number of methoxy groups -OCH3 is 1. The minimum absolute atomic E-state index is 0.132. The molecule has 1 N–H and O–H groups in total. The van der Waals surface area contributed by atoms with E-state index < -0.39 is 17.7 Å². The van der Waals surface area contributed by atoms with Gasteiger partial charge >= 0.3 is 6.09 Å². The Morgan fingerprint density at radius 3 is 2.57 bits per heavy atom. The summed E-state index contributed by atoms with van der Waals surface area (Å²) in [5, 5.41) is 2.88. The summed E-state index contributed by atoms with van der Waals surface area (Å²) in [6.45, 7) is 6.93. The van der Waals surface area contributed by atoms with Gasteiger partial charge < -0.3 is 14.8 Å². The molecule has 28 heavy (non-hydrogen) atoms. The van der Waals surface area contributed by atoms with E-state index in [1.165, 1.54) is 5.56 Å². The van der Waals surface area contributed by atoms with Gasteiger partial charge in [-0.3, -0.25) is 9.69 Å². The van der Waals surface area contributed by atoms with Crippen LogP contribution in [-0.4, -0.2) is 55.3 Å². The van der Waals surface area contributed by atoms with E-state index in [4.69, 9.17) is 9.47 Å². The Morgan fingerprint density at radius 1 is 1.21 bits per heavy atom. The number of benzene rings is 1. The normalized spacial score (nSPS) is 19.9. The van der Waals surface area contributed by atoms with Crippen LogP contribution in [0.25, 0.3) is 0 Å². The van der Waals surface area contributed by atoms with Crippen LogP contribution in [0.2, 0.25) is 0 Å². The molecule has 1 saturated heterocycles. The molecule has 156 valence electrons. The first-order valence-electron chi connectivity index (χ1n) is 10.1. The van der Waals surface area contributed by atoms with Gasteiger partial charge in [-0.25, -0.2) is 4.79 Å². The molecule has 0 saturated carbocycles. The maximum Gasteiger partial charge on any atom is 0.410 e. The maximum atomic E-state index is 12.8. The van der Waals surface area contributed by atoms with Gasteiger partial charge in [0, 0.05) is 20.2 Å². The number of aryl methyl sites for hydroxylation is 1. The number of rotatable bonds is 7. The Balaban J connectivity index is 2.01. The number of nitrogens with zero attached hydrogens (tertiary/aromatic N) is 1. The molecule has 1 aromatic rings. The van der Waals surface area contributed by atoms with Gasteiger partial charge in [-0.15, -0.1) is 0 Å². The summed E-state index contributed by atoms with van der Waals surface area (Å²) in [6.07, 6.45) is 3.11. The van der Waals surface area contributed by atoms with E-state index in [0.29, 0.717) is 32.0 Å². The summed E-state index contributed by atoms with van der Waals surface area (Å²) in [5.74, 6) is 0.268. The standard InChI is InChI=1S/C22H34N2O4/c1-22(2,3)28-21(26)24-14-12-18(11-10-17-8-6-5-7-9-17)16-19(24)20(25)23-13-15-27-4/h5-9,18-19H,10-16H2,1-4H3,(H,23,25). The number of ether oxygens (including phenoxy) is 2.